The first-order valence-corrected chi connectivity index (χ1v) is 11.5. The highest BCUT2D eigenvalue weighted by atomic mass is 31.2. The molecule has 1 saturated carbocycles. The molecule has 0 saturated heterocycles. The van der Waals surface area contributed by atoms with E-state index in [1.807, 2.05) is 30.3 Å². The average Bonchev–Trinajstić information content (AvgIpc) is 3.08. The van der Waals surface area contributed by atoms with Gasteiger partial charge in [-0.15, -0.1) is 0 Å². The monoisotopic (exact) mass is 419 g/mol. The maximum Gasteiger partial charge on any atom is 0.469 e. The van der Waals surface area contributed by atoms with E-state index in [2.05, 4.69) is 35.7 Å². The molecule has 4 N–H and O–H groups in total. The highest BCUT2D eigenvalue weighted by Gasteiger charge is 2.38. The summed E-state index contributed by atoms with van der Waals surface area (Å²) >= 11 is 0. The fourth-order valence-corrected chi connectivity index (χ4v) is 4.33. The van der Waals surface area contributed by atoms with Gasteiger partial charge < -0.3 is 20.3 Å². The molecule has 0 aliphatic heterocycles. The Bertz CT molecular complexity index is 823. The normalized spacial score (nSPS) is 23.1. The van der Waals surface area contributed by atoms with Gasteiger partial charge in [-0.25, -0.2) is 4.57 Å². The van der Waals surface area contributed by atoms with E-state index in [1.165, 1.54) is 11.1 Å². The molecule has 1 aliphatic carbocycles. The lowest BCUT2D eigenvalue weighted by Gasteiger charge is -2.24. The van der Waals surface area contributed by atoms with E-state index in [1.54, 1.807) is 0 Å². The van der Waals surface area contributed by atoms with Crippen molar-refractivity contribution >= 4 is 7.82 Å². The molecule has 3 atom stereocenters. The van der Waals surface area contributed by atoms with Gasteiger partial charge in [0.2, 0.25) is 0 Å². The number of phosphoric ester groups is 1. The van der Waals surface area contributed by atoms with E-state index >= 15 is 0 Å². The van der Waals surface area contributed by atoms with Gasteiger partial charge >= 0.3 is 7.82 Å². The highest BCUT2D eigenvalue weighted by Crippen LogP contribution is 2.43. The van der Waals surface area contributed by atoms with Crippen LogP contribution < -0.4 is 10.5 Å². The molecule has 3 rings (SSSR count). The second-order valence-corrected chi connectivity index (χ2v) is 9.33. The molecule has 0 aromatic heterocycles. The van der Waals surface area contributed by atoms with Gasteiger partial charge in [0.05, 0.1) is 12.7 Å². The zero-order chi connectivity index (χ0) is 20.9. The van der Waals surface area contributed by atoms with Crippen molar-refractivity contribution in [1.82, 2.24) is 0 Å². The van der Waals surface area contributed by atoms with Gasteiger partial charge in [-0.05, 0) is 68.2 Å². The van der Waals surface area contributed by atoms with E-state index in [-0.39, 0.29) is 18.6 Å². The Morgan fingerprint density at radius 1 is 1.17 bits per heavy atom. The van der Waals surface area contributed by atoms with Crippen molar-refractivity contribution in [3.05, 3.63) is 65.7 Å². The molecule has 0 heterocycles. The van der Waals surface area contributed by atoms with Crippen LogP contribution in [0, 0.1) is 0 Å². The minimum atomic E-state index is -4.49. The maximum atomic E-state index is 10.9. The van der Waals surface area contributed by atoms with Crippen LogP contribution in [0.25, 0.3) is 0 Å². The summed E-state index contributed by atoms with van der Waals surface area (Å²) in [5.41, 5.74) is 8.08. The molecule has 6 nitrogen and oxygen atoms in total. The number of rotatable bonds is 9. The minimum absolute atomic E-state index is 0.120. The topological polar surface area (TPSA) is 102 Å². The Hall–Kier alpha value is -1.69. The molecule has 0 bridgehead atoms. The number of ether oxygens (including phenoxy) is 1. The third kappa shape index (κ3) is 6.95. The second-order valence-electron chi connectivity index (χ2n) is 8.09. The van der Waals surface area contributed by atoms with E-state index in [0.29, 0.717) is 12.8 Å². The lowest BCUT2D eigenvalue weighted by Crippen LogP contribution is -2.41. The van der Waals surface area contributed by atoms with Crippen LogP contribution in [0.15, 0.2) is 54.6 Å². The molecule has 0 unspecified atom stereocenters. The Morgan fingerprint density at radius 3 is 2.52 bits per heavy atom. The molecule has 7 heteroatoms. The number of benzene rings is 2. The van der Waals surface area contributed by atoms with E-state index in [4.69, 9.17) is 20.3 Å². The molecule has 0 radical (unpaired) electrons. The summed E-state index contributed by atoms with van der Waals surface area (Å²) < 4.78 is 21.5. The molecule has 1 fully saturated rings. The van der Waals surface area contributed by atoms with Crippen LogP contribution in [-0.4, -0.2) is 28.0 Å². The van der Waals surface area contributed by atoms with Crippen molar-refractivity contribution in [3.63, 3.8) is 0 Å². The van der Waals surface area contributed by atoms with Crippen LogP contribution >= 0.6 is 7.82 Å². The predicted octanol–water partition coefficient (Wildman–Crippen LogP) is 4.16. The van der Waals surface area contributed by atoms with Gasteiger partial charge in [0.15, 0.2) is 0 Å². The first-order chi connectivity index (χ1) is 13.7. The number of phosphoric acid groups is 1. The van der Waals surface area contributed by atoms with Crippen LogP contribution in [0.1, 0.15) is 49.7 Å². The maximum absolute atomic E-state index is 10.9. The van der Waals surface area contributed by atoms with Gasteiger partial charge in [-0.3, -0.25) is 4.52 Å². The first kappa shape index (κ1) is 22.0. The second kappa shape index (κ2) is 9.41. The number of aryl methyl sites for hydroxylation is 1. The van der Waals surface area contributed by atoms with Crippen LogP contribution in [0.5, 0.6) is 5.75 Å². The summed E-state index contributed by atoms with van der Waals surface area (Å²) in [6.07, 6.45) is 4.25. The summed E-state index contributed by atoms with van der Waals surface area (Å²) in [7, 11) is -4.49. The third-order valence-corrected chi connectivity index (χ3v) is 6.00. The van der Waals surface area contributed by atoms with Gasteiger partial charge in [-0.1, -0.05) is 42.5 Å². The number of para-hydroxylation sites is 1. The Balaban J connectivity index is 1.48. The van der Waals surface area contributed by atoms with Crippen molar-refractivity contribution in [3.8, 4) is 5.75 Å². The SMILES string of the molecule is C[C@H](CCc1ccc([C@@H]2CC[C@](N)(COP(=O)(O)O)C2)cc1)Oc1ccccc1. The Morgan fingerprint density at radius 2 is 1.86 bits per heavy atom. The lowest BCUT2D eigenvalue weighted by molar-refractivity contribution is 0.153. The van der Waals surface area contributed by atoms with Crippen LogP contribution in [0.4, 0.5) is 0 Å². The fourth-order valence-electron chi connectivity index (χ4n) is 3.90. The average molecular weight is 419 g/mol. The van der Waals surface area contributed by atoms with Crippen molar-refractivity contribution < 1.29 is 23.6 Å². The third-order valence-electron chi connectivity index (χ3n) is 5.53. The van der Waals surface area contributed by atoms with Crippen molar-refractivity contribution in [1.29, 1.82) is 0 Å². The fraction of sp³-hybridized carbons (Fsp3) is 0.455. The quantitative estimate of drug-likeness (QED) is 0.528. The number of nitrogens with two attached hydrogens (primary N) is 1. The van der Waals surface area contributed by atoms with Crippen molar-refractivity contribution in [2.75, 3.05) is 6.61 Å². The summed E-state index contributed by atoms with van der Waals surface area (Å²) in [5.74, 6) is 1.18. The molecule has 0 spiro atoms. The summed E-state index contributed by atoms with van der Waals surface area (Å²) in [5, 5.41) is 0. The lowest BCUT2D eigenvalue weighted by atomic mass is 9.92. The van der Waals surface area contributed by atoms with E-state index < -0.39 is 13.4 Å². The van der Waals surface area contributed by atoms with Crippen molar-refractivity contribution in [2.45, 2.75) is 56.6 Å². The summed E-state index contributed by atoms with van der Waals surface area (Å²) in [6, 6.07) is 18.4. The van der Waals surface area contributed by atoms with Crippen LogP contribution in [-0.2, 0) is 15.5 Å². The Kier molecular flexibility index (Phi) is 7.14. The molecular weight excluding hydrogens is 389 g/mol. The zero-order valence-electron chi connectivity index (χ0n) is 16.7. The van der Waals surface area contributed by atoms with Crippen LogP contribution in [0.3, 0.4) is 0 Å². The molecule has 29 heavy (non-hydrogen) atoms. The largest absolute Gasteiger partial charge is 0.491 e. The molecule has 1 aliphatic rings. The van der Waals surface area contributed by atoms with Crippen molar-refractivity contribution in [2.24, 2.45) is 5.73 Å². The molecule has 2 aromatic rings. The van der Waals surface area contributed by atoms with Gasteiger partial charge in [0.25, 0.3) is 0 Å². The Labute approximate surface area is 172 Å². The smallest absolute Gasteiger partial charge is 0.469 e. The zero-order valence-corrected chi connectivity index (χ0v) is 17.6. The minimum Gasteiger partial charge on any atom is -0.491 e. The van der Waals surface area contributed by atoms with E-state index in [9.17, 15) is 4.57 Å². The van der Waals surface area contributed by atoms with Gasteiger partial charge in [0, 0.05) is 5.54 Å². The number of hydrogen-bond acceptors (Lipinski definition) is 4. The molecule has 0 amide bonds. The summed E-state index contributed by atoms with van der Waals surface area (Å²) in [6.45, 7) is 1.96. The predicted molar refractivity (Wildman–Crippen MR) is 113 cm³/mol. The van der Waals surface area contributed by atoms with E-state index in [0.717, 1.165) is 25.0 Å². The molecular formula is C22H30NO5P. The molecule has 158 valence electrons. The number of hydrogen-bond donors (Lipinski definition) is 3. The van der Waals surface area contributed by atoms with Gasteiger partial charge in [0.1, 0.15) is 5.75 Å². The van der Waals surface area contributed by atoms with Crippen LogP contribution in [0.2, 0.25) is 0 Å². The standard InChI is InChI=1S/C22H30NO5P/c1-17(28-21-5-3-2-4-6-21)7-8-18-9-11-19(12-10-18)20-13-14-22(23,15-20)16-27-29(24,25)26/h2-6,9-12,17,20H,7-8,13-16,23H2,1H3,(H2,24,25,26)/t17-,20-,22-/m1/s1. The highest BCUT2D eigenvalue weighted by molar-refractivity contribution is 7.46. The molecule has 2 aromatic carbocycles. The first-order valence-electron chi connectivity index (χ1n) is 10.0. The van der Waals surface area contributed by atoms with Gasteiger partial charge in [-0.2, -0.15) is 0 Å². The summed E-state index contributed by atoms with van der Waals surface area (Å²) in [4.78, 5) is 17.8.